The van der Waals surface area contributed by atoms with Crippen LogP contribution < -0.4 is 4.74 Å². The van der Waals surface area contributed by atoms with Crippen LogP contribution in [-0.2, 0) is 13.0 Å². The number of rotatable bonds is 4. The molecule has 0 atom stereocenters. The molecule has 0 heterocycles. The average Bonchev–Trinajstić information content (AvgIpc) is 2.40. The Bertz CT molecular complexity index is 500. The zero-order chi connectivity index (χ0) is 11.9. The predicted octanol–water partition coefficient (Wildman–Crippen LogP) is 2.51. The zero-order valence-corrected chi connectivity index (χ0v) is 9.97. The van der Waals surface area contributed by atoms with Gasteiger partial charge < -0.3 is 10.2 Å². The van der Waals surface area contributed by atoms with Gasteiger partial charge in [-0.3, -0.25) is 0 Å². The number of hydrogen-bond donors (Lipinski definition) is 0. The van der Waals surface area contributed by atoms with Crippen molar-refractivity contribution in [3.05, 3.63) is 65.7 Å². The molecule has 0 saturated heterocycles. The van der Waals surface area contributed by atoms with Crippen molar-refractivity contribution in [2.24, 2.45) is 0 Å². The summed E-state index contributed by atoms with van der Waals surface area (Å²) in [5.41, 5.74) is 2.16. The highest BCUT2D eigenvalue weighted by Crippen LogP contribution is 2.14. The number of benzene rings is 2. The average molecular weight is 241 g/mol. The molecule has 0 spiro atoms. The maximum Gasteiger partial charge on any atom is 0.119 e. The van der Waals surface area contributed by atoms with Crippen LogP contribution in [0, 0.1) is 11.3 Å². The first-order valence-corrected chi connectivity index (χ1v) is 5.51. The molecular weight excluding hydrogens is 226 g/mol. The lowest BCUT2D eigenvalue weighted by Crippen LogP contribution is -1.94. The molecule has 0 aliphatic rings. The highest BCUT2D eigenvalue weighted by Gasteiger charge is 1.96. The smallest absolute Gasteiger partial charge is 0.119 e. The van der Waals surface area contributed by atoms with Gasteiger partial charge in [0.05, 0.1) is 12.5 Å². The maximum atomic E-state index is 8.56. The summed E-state index contributed by atoms with van der Waals surface area (Å²) in [6.07, 6.45) is 0.443. The van der Waals surface area contributed by atoms with Gasteiger partial charge in [-0.05, 0) is 23.3 Å². The van der Waals surface area contributed by atoms with Crippen molar-refractivity contribution in [2.45, 2.75) is 13.0 Å². The first kappa shape index (κ1) is 13.8. The van der Waals surface area contributed by atoms with Crippen LogP contribution in [0.1, 0.15) is 11.1 Å². The molecule has 2 rings (SSSR count). The molecule has 2 N–H and O–H groups in total. The SMILES string of the molecule is N#CCc1ccc(OCc2ccccc2)cc1.O. The molecule has 92 valence electrons. The van der Waals surface area contributed by atoms with Gasteiger partial charge in [-0.15, -0.1) is 0 Å². The molecule has 0 fully saturated rings. The fraction of sp³-hybridized carbons (Fsp3) is 0.133. The molecule has 0 bridgehead atoms. The molecule has 0 aliphatic heterocycles. The Morgan fingerprint density at radius 2 is 1.56 bits per heavy atom. The fourth-order valence-corrected chi connectivity index (χ4v) is 1.54. The summed E-state index contributed by atoms with van der Waals surface area (Å²) >= 11 is 0. The highest BCUT2D eigenvalue weighted by atomic mass is 16.5. The van der Waals surface area contributed by atoms with E-state index in [1.807, 2.05) is 54.6 Å². The largest absolute Gasteiger partial charge is 0.489 e. The minimum atomic E-state index is 0. The van der Waals surface area contributed by atoms with Gasteiger partial charge in [-0.25, -0.2) is 0 Å². The van der Waals surface area contributed by atoms with Crippen molar-refractivity contribution >= 4 is 0 Å². The third-order valence-corrected chi connectivity index (χ3v) is 2.45. The Labute approximate surface area is 107 Å². The predicted molar refractivity (Wildman–Crippen MR) is 70.1 cm³/mol. The molecule has 0 amide bonds. The Hall–Kier alpha value is -2.31. The number of hydrogen-bond acceptors (Lipinski definition) is 2. The van der Waals surface area contributed by atoms with Crippen LogP contribution in [0.15, 0.2) is 54.6 Å². The van der Waals surface area contributed by atoms with Crippen LogP contribution in [0.2, 0.25) is 0 Å². The van der Waals surface area contributed by atoms with Crippen LogP contribution in [0.4, 0.5) is 0 Å². The van der Waals surface area contributed by atoms with E-state index in [1.54, 1.807) is 0 Å². The molecule has 0 aliphatic carbocycles. The lowest BCUT2D eigenvalue weighted by molar-refractivity contribution is 0.306. The van der Waals surface area contributed by atoms with E-state index in [4.69, 9.17) is 10.00 Å². The molecule has 0 radical (unpaired) electrons. The van der Waals surface area contributed by atoms with Crippen molar-refractivity contribution in [2.75, 3.05) is 0 Å². The zero-order valence-electron chi connectivity index (χ0n) is 9.97. The summed E-state index contributed by atoms with van der Waals surface area (Å²) in [6.45, 7) is 0.568. The van der Waals surface area contributed by atoms with Crippen molar-refractivity contribution in [3.8, 4) is 11.8 Å². The van der Waals surface area contributed by atoms with Gasteiger partial charge >= 0.3 is 0 Å². The lowest BCUT2D eigenvalue weighted by atomic mass is 10.2. The normalized spacial score (nSPS) is 9.06. The van der Waals surface area contributed by atoms with E-state index in [0.29, 0.717) is 13.0 Å². The van der Waals surface area contributed by atoms with Crippen LogP contribution in [0.5, 0.6) is 5.75 Å². The van der Waals surface area contributed by atoms with E-state index in [2.05, 4.69) is 6.07 Å². The Kier molecular flexibility index (Phi) is 5.43. The van der Waals surface area contributed by atoms with Gasteiger partial charge in [0, 0.05) is 0 Å². The van der Waals surface area contributed by atoms with Crippen LogP contribution >= 0.6 is 0 Å². The Morgan fingerprint density at radius 1 is 0.889 bits per heavy atom. The van der Waals surface area contributed by atoms with E-state index < -0.39 is 0 Å². The van der Waals surface area contributed by atoms with Crippen molar-refractivity contribution in [3.63, 3.8) is 0 Å². The summed E-state index contributed by atoms with van der Waals surface area (Å²) < 4.78 is 5.64. The first-order chi connectivity index (χ1) is 8.38. The third-order valence-electron chi connectivity index (χ3n) is 2.45. The fourth-order valence-electron chi connectivity index (χ4n) is 1.54. The molecule has 0 unspecified atom stereocenters. The topological polar surface area (TPSA) is 64.5 Å². The Morgan fingerprint density at radius 3 is 2.17 bits per heavy atom. The van der Waals surface area contributed by atoms with E-state index in [0.717, 1.165) is 16.9 Å². The van der Waals surface area contributed by atoms with Crippen LogP contribution in [0.25, 0.3) is 0 Å². The number of ether oxygens (including phenoxy) is 1. The van der Waals surface area contributed by atoms with Gasteiger partial charge in [-0.2, -0.15) is 5.26 Å². The minimum Gasteiger partial charge on any atom is -0.489 e. The second kappa shape index (κ2) is 7.10. The van der Waals surface area contributed by atoms with E-state index in [9.17, 15) is 0 Å². The summed E-state index contributed by atoms with van der Waals surface area (Å²) in [5, 5.41) is 8.56. The quantitative estimate of drug-likeness (QED) is 0.825. The number of nitriles is 1. The van der Waals surface area contributed by atoms with Gasteiger partial charge in [0.15, 0.2) is 0 Å². The molecule has 3 nitrogen and oxygen atoms in total. The monoisotopic (exact) mass is 241 g/mol. The standard InChI is InChI=1S/C15H13NO.H2O/c16-11-10-13-6-8-15(9-7-13)17-12-14-4-2-1-3-5-14;/h1-9H,10,12H2;1H2. The maximum absolute atomic E-state index is 8.56. The molecule has 2 aromatic carbocycles. The van der Waals surface area contributed by atoms with E-state index in [1.165, 1.54) is 0 Å². The molecule has 0 saturated carbocycles. The first-order valence-electron chi connectivity index (χ1n) is 5.51. The molecule has 18 heavy (non-hydrogen) atoms. The minimum absolute atomic E-state index is 0. The van der Waals surface area contributed by atoms with Crippen LogP contribution in [0.3, 0.4) is 0 Å². The van der Waals surface area contributed by atoms with Crippen molar-refractivity contribution in [1.82, 2.24) is 0 Å². The number of nitrogens with zero attached hydrogens (tertiary/aromatic N) is 1. The van der Waals surface area contributed by atoms with Gasteiger partial charge in [0.25, 0.3) is 0 Å². The third kappa shape index (κ3) is 3.93. The van der Waals surface area contributed by atoms with Gasteiger partial charge in [-0.1, -0.05) is 42.5 Å². The highest BCUT2D eigenvalue weighted by molar-refractivity contribution is 5.29. The summed E-state index contributed by atoms with van der Waals surface area (Å²) in [4.78, 5) is 0. The second-order valence-electron chi connectivity index (χ2n) is 3.75. The van der Waals surface area contributed by atoms with Gasteiger partial charge in [0.1, 0.15) is 12.4 Å². The summed E-state index contributed by atoms with van der Waals surface area (Å²) in [5.74, 6) is 0.829. The summed E-state index contributed by atoms with van der Waals surface area (Å²) in [7, 11) is 0. The van der Waals surface area contributed by atoms with Crippen molar-refractivity contribution < 1.29 is 10.2 Å². The van der Waals surface area contributed by atoms with E-state index in [-0.39, 0.29) is 5.48 Å². The molecule has 0 aromatic heterocycles. The Balaban J connectivity index is 0.00000162. The lowest BCUT2D eigenvalue weighted by Gasteiger charge is -2.06. The second-order valence-corrected chi connectivity index (χ2v) is 3.75. The van der Waals surface area contributed by atoms with Gasteiger partial charge in [0.2, 0.25) is 0 Å². The molecule has 2 aromatic rings. The van der Waals surface area contributed by atoms with Crippen molar-refractivity contribution in [1.29, 1.82) is 5.26 Å². The molecular formula is C15H15NO2. The van der Waals surface area contributed by atoms with E-state index >= 15 is 0 Å². The summed E-state index contributed by atoms with van der Waals surface area (Å²) in [6, 6.07) is 19.8. The van der Waals surface area contributed by atoms with Crippen LogP contribution in [-0.4, -0.2) is 5.48 Å². The molecule has 3 heteroatoms.